The molecule has 0 aliphatic carbocycles. The summed E-state index contributed by atoms with van der Waals surface area (Å²) in [5.41, 5.74) is 2.96. The molecule has 1 amide bonds. The van der Waals surface area contributed by atoms with E-state index < -0.39 is 0 Å². The van der Waals surface area contributed by atoms with Crippen LogP contribution in [0, 0.1) is 0 Å². The van der Waals surface area contributed by atoms with Gasteiger partial charge in [-0.05, 0) is 24.6 Å². The Labute approximate surface area is 141 Å². The minimum atomic E-state index is -0.326. The van der Waals surface area contributed by atoms with Gasteiger partial charge in [0.1, 0.15) is 5.69 Å². The summed E-state index contributed by atoms with van der Waals surface area (Å²) in [7, 11) is 3.12. The Hall–Kier alpha value is -2.89. The Morgan fingerprint density at radius 1 is 1.25 bits per heavy atom. The lowest BCUT2D eigenvalue weighted by Crippen LogP contribution is -2.30. The molecule has 2 heterocycles. The fraction of sp³-hybridized carbons (Fsp3) is 0.278. The van der Waals surface area contributed by atoms with Gasteiger partial charge >= 0.3 is 6.09 Å². The number of anilines is 2. The molecule has 1 aromatic heterocycles. The van der Waals surface area contributed by atoms with Crippen LogP contribution in [-0.4, -0.2) is 49.4 Å². The molecule has 0 N–H and O–H groups in total. The SMILES string of the molecule is COC(=O)N(C)CCCN1c2ccccc2C=Nc2cccnc21. The molecular weight excluding hydrogens is 304 g/mol. The van der Waals surface area contributed by atoms with Crippen LogP contribution in [-0.2, 0) is 4.74 Å². The van der Waals surface area contributed by atoms with Crippen molar-refractivity contribution in [1.29, 1.82) is 0 Å². The molecule has 0 radical (unpaired) electrons. The average Bonchev–Trinajstić information content (AvgIpc) is 2.78. The molecule has 24 heavy (non-hydrogen) atoms. The van der Waals surface area contributed by atoms with Gasteiger partial charge in [0.25, 0.3) is 0 Å². The standard InChI is InChI=1S/C18H20N4O2/c1-21(18(23)24-2)11-6-12-22-16-9-4-3-7-14(16)13-20-15-8-5-10-19-17(15)22/h3-5,7-10,13H,6,11-12H2,1-2H3. The second-order valence-corrected chi connectivity index (χ2v) is 5.56. The van der Waals surface area contributed by atoms with Crippen molar-refractivity contribution in [3.63, 3.8) is 0 Å². The van der Waals surface area contributed by atoms with Crippen LogP contribution in [0.3, 0.4) is 0 Å². The van der Waals surface area contributed by atoms with Gasteiger partial charge in [0.2, 0.25) is 0 Å². The lowest BCUT2D eigenvalue weighted by Gasteiger charge is -2.26. The predicted molar refractivity (Wildman–Crippen MR) is 94.6 cm³/mol. The average molecular weight is 324 g/mol. The third kappa shape index (κ3) is 3.22. The molecule has 1 aromatic carbocycles. The molecule has 0 spiro atoms. The Morgan fingerprint density at radius 2 is 2.08 bits per heavy atom. The summed E-state index contributed by atoms with van der Waals surface area (Å²) in [6.45, 7) is 1.33. The maximum atomic E-state index is 11.5. The van der Waals surface area contributed by atoms with Crippen LogP contribution in [0.4, 0.5) is 22.0 Å². The Kier molecular flexibility index (Phi) is 4.74. The van der Waals surface area contributed by atoms with Crippen molar-refractivity contribution < 1.29 is 9.53 Å². The first-order valence-corrected chi connectivity index (χ1v) is 7.85. The second kappa shape index (κ2) is 7.12. The number of ether oxygens (including phenoxy) is 1. The zero-order valence-electron chi connectivity index (χ0n) is 13.8. The van der Waals surface area contributed by atoms with Gasteiger partial charge in [0, 0.05) is 38.1 Å². The molecule has 0 unspecified atom stereocenters. The zero-order valence-corrected chi connectivity index (χ0v) is 13.8. The van der Waals surface area contributed by atoms with Crippen LogP contribution in [0.5, 0.6) is 0 Å². The smallest absolute Gasteiger partial charge is 0.409 e. The van der Waals surface area contributed by atoms with Gasteiger partial charge in [-0.1, -0.05) is 18.2 Å². The summed E-state index contributed by atoms with van der Waals surface area (Å²) in [6.07, 6.45) is 4.11. The van der Waals surface area contributed by atoms with Crippen LogP contribution in [0.2, 0.25) is 0 Å². The highest BCUT2D eigenvalue weighted by molar-refractivity contribution is 5.95. The van der Waals surface area contributed by atoms with Crippen LogP contribution >= 0.6 is 0 Å². The van der Waals surface area contributed by atoms with Crippen molar-refractivity contribution in [3.8, 4) is 0 Å². The summed E-state index contributed by atoms with van der Waals surface area (Å²) in [4.78, 5) is 24.3. The first kappa shape index (κ1) is 16.0. The maximum Gasteiger partial charge on any atom is 0.409 e. The van der Waals surface area contributed by atoms with Crippen LogP contribution in [0.25, 0.3) is 0 Å². The highest BCUT2D eigenvalue weighted by Gasteiger charge is 2.19. The van der Waals surface area contributed by atoms with E-state index in [1.807, 2.05) is 36.5 Å². The summed E-state index contributed by atoms with van der Waals surface area (Å²) in [5.74, 6) is 0.833. The molecular formula is C18H20N4O2. The lowest BCUT2D eigenvalue weighted by molar-refractivity contribution is 0.133. The number of fused-ring (bicyclic) bond motifs is 2. The quantitative estimate of drug-likeness (QED) is 0.865. The van der Waals surface area contributed by atoms with E-state index in [0.29, 0.717) is 6.54 Å². The van der Waals surface area contributed by atoms with E-state index in [9.17, 15) is 4.79 Å². The van der Waals surface area contributed by atoms with Crippen LogP contribution < -0.4 is 4.90 Å². The van der Waals surface area contributed by atoms with Gasteiger partial charge < -0.3 is 14.5 Å². The number of aromatic nitrogens is 1. The number of hydrogen-bond donors (Lipinski definition) is 0. The molecule has 0 bridgehead atoms. The van der Waals surface area contributed by atoms with Crippen molar-refractivity contribution >= 4 is 29.5 Å². The summed E-state index contributed by atoms with van der Waals surface area (Å²) < 4.78 is 4.73. The molecule has 0 saturated heterocycles. The van der Waals surface area contributed by atoms with Gasteiger partial charge in [-0.25, -0.2) is 9.78 Å². The van der Waals surface area contributed by atoms with Gasteiger partial charge in [0.15, 0.2) is 5.82 Å². The zero-order chi connectivity index (χ0) is 16.9. The molecule has 0 atom stereocenters. The summed E-state index contributed by atoms with van der Waals surface area (Å²) in [5, 5.41) is 0. The van der Waals surface area contributed by atoms with E-state index in [4.69, 9.17) is 4.74 Å². The van der Waals surface area contributed by atoms with Crippen LogP contribution in [0.15, 0.2) is 47.6 Å². The van der Waals surface area contributed by atoms with Crippen molar-refractivity contribution in [1.82, 2.24) is 9.88 Å². The summed E-state index contributed by atoms with van der Waals surface area (Å²) >= 11 is 0. The van der Waals surface area contributed by atoms with Crippen LogP contribution in [0.1, 0.15) is 12.0 Å². The fourth-order valence-electron chi connectivity index (χ4n) is 2.73. The number of carbonyl (C=O) groups excluding carboxylic acids is 1. The first-order valence-electron chi connectivity index (χ1n) is 7.85. The van der Waals surface area contributed by atoms with Gasteiger partial charge in [0.05, 0.1) is 12.8 Å². The normalized spacial score (nSPS) is 12.2. The molecule has 6 heteroatoms. The number of nitrogens with zero attached hydrogens (tertiary/aromatic N) is 4. The number of pyridine rings is 1. The fourth-order valence-corrected chi connectivity index (χ4v) is 2.73. The first-order chi connectivity index (χ1) is 11.7. The highest BCUT2D eigenvalue weighted by atomic mass is 16.5. The number of hydrogen-bond acceptors (Lipinski definition) is 5. The third-order valence-electron chi connectivity index (χ3n) is 3.95. The highest BCUT2D eigenvalue weighted by Crippen LogP contribution is 2.36. The van der Waals surface area contributed by atoms with Crippen molar-refractivity contribution in [3.05, 3.63) is 48.2 Å². The van der Waals surface area contributed by atoms with E-state index in [2.05, 4.69) is 20.9 Å². The number of benzene rings is 1. The molecule has 2 aromatic rings. The van der Waals surface area contributed by atoms with E-state index >= 15 is 0 Å². The Balaban J connectivity index is 1.84. The monoisotopic (exact) mass is 324 g/mol. The number of para-hydroxylation sites is 1. The minimum absolute atomic E-state index is 0.326. The van der Waals surface area contributed by atoms with Gasteiger partial charge in [-0.2, -0.15) is 0 Å². The topological polar surface area (TPSA) is 58.0 Å². The third-order valence-corrected chi connectivity index (χ3v) is 3.95. The molecule has 0 fully saturated rings. The van der Waals surface area contributed by atoms with E-state index in [1.54, 1.807) is 18.1 Å². The van der Waals surface area contributed by atoms with Crippen molar-refractivity contribution in [2.75, 3.05) is 32.1 Å². The molecule has 0 saturated carbocycles. The molecule has 1 aliphatic rings. The number of aliphatic imine (C=N–C) groups is 1. The lowest BCUT2D eigenvalue weighted by atomic mass is 10.1. The summed E-state index contributed by atoms with van der Waals surface area (Å²) in [6, 6.07) is 12.0. The number of carbonyl (C=O) groups is 1. The number of rotatable bonds is 4. The second-order valence-electron chi connectivity index (χ2n) is 5.56. The van der Waals surface area contributed by atoms with E-state index in [1.165, 1.54) is 7.11 Å². The Bertz CT molecular complexity index is 711. The van der Waals surface area contributed by atoms with Gasteiger partial charge in [-0.3, -0.25) is 4.99 Å². The molecule has 1 aliphatic heterocycles. The largest absolute Gasteiger partial charge is 0.453 e. The number of methoxy groups -OCH3 is 1. The van der Waals surface area contributed by atoms with Crippen molar-refractivity contribution in [2.45, 2.75) is 6.42 Å². The molecule has 3 rings (SSSR count). The van der Waals surface area contributed by atoms with E-state index in [-0.39, 0.29) is 6.09 Å². The molecule has 124 valence electrons. The predicted octanol–water partition coefficient (Wildman–Crippen LogP) is 3.37. The maximum absolute atomic E-state index is 11.5. The minimum Gasteiger partial charge on any atom is -0.453 e. The number of amides is 1. The van der Waals surface area contributed by atoms with Gasteiger partial charge in [-0.15, -0.1) is 0 Å². The van der Waals surface area contributed by atoms with E-state index in [0.717, 1.165) is 35.7 Å². The Morgan fingerprint density at radius 3 is 2.92 bits per heavy atom. The van der Waals surface area contributed by atoms with Crippen molar-refractivity contribution in [2.24, 2.45) is 4.99 Å². The molecule has 6 nitrogen and oxygen atoms in total.